The Morgan fingerprint density at radius 1 is 1.30 bits per heavy atom. The van der Waals surface area contributed by atoms with Crippen LogP contribution in [0, 0.1) is 12.8 Å². The number of rotatable bonds is 4. The van der Waals surface area contributed by atoms with E-state index in [1.54, 1.807) is 0 Å². The standard InChI is InChI=1S/C16H23N3O/c1-12-4-2-3-5-14(12)18-16(20)10-17-15-11-19-8-6-13(15)7-9-19/h2-5,13,15,17H,6-11H2,1H3,(H,18,20). The zero-order valence-corrected chi connectivity index (χ0v) is 12.1. The van der Waals surface area contributed by atoms with Gasteiger partial charge in [-0.2, -0.15) is 0 Å². The van der Waals surface area contributed by atoms with Crippen LogP contribution in [0.15, 0.2) is 24.3 Å². The third-order valence-electron chi connectivity index (χ3n) is 4.60. The Morgan fingerprint density at radius 3 is 2.70 bits per heavy atom. The molecule has 20 heavy (non-hydrogen) atoms. The summed E-state index contributed by atoms with van der Waals surface area (Å²) in [6.07, 6.45) is 2.55. The van der Waals surface area contributed by atoms with Gasteiger partial charge in [0, 0.05) is 18.3 Å². The number of hydrogen-bond donors (Lipinski definition) is 2. The number of fused-ring (bicyclic) bond motifs is 3. The molecule has 1 aromatic carbocycles. The van der Waals surface area contributed by atoms with Crippen molar-refractivity contribution in [3.8, 4) is 0 Å². The summed E-state index contributed by atoms with van der Waals surface area (Å²) >= 11 is 0. The molecule has 3 heterocycles. The molecule has 0 aliphatic carbocycles. The SMILES string of the molecule is Cc1ccccc1NC(=O)CNC1CN2CCC1CC2. The fourth-order valence-corrected chi connectivity index (χ4v) is 3.33. The first-order chi connectivity index (χ1) is 9.72. The molecule has 0 saturated carbocycles. The van der Waals surface area contributed by atoms with Crippen molar-refractivity contribution in [3.63, 3.8) is 0 Å². The summed E-state index contributed by atoms with van der Waals surface area (Å²) in [5.41, 5.74) is 2.01. The number of hydrogen-bond acceptors (Lipinski definition) is 3. The Labute approximate surface area is 120 Å². The molecular weight excluding hydrogens is 250 g/mol. The molecule has 4 nitrogen and oxygen atoms in total. The Bertz CT molecular complexity index is 480. The number of carbonyl (C=O) groups excluding carboxylic acids is 1. The van der Waals surface area contributed by atoms with Crippen molar-refractivity contribution >= 4 is 11.6 Å². The van der Waals surface area contributed by atoms with Crippen LogP contribution in [-0.2, 0) is 4.79 Å². The van der Waals surface area contributed by atoms with E-state index in [0.717, 1.165) is 23.7 Å². The maximum absolute atomic E-state index is 12.0. The molecule has 2 N–H and O–H groups in total. The van der Waals surface area contributed by atoms with E-state index in [0.29, 0.717) is 12.6 Å². The van der Waals surface area contributed by atoms with E-state index < -0.39 is 0 Å². The van der Waals surface area contributed by atoms with Gasteiger partial charge in [-0.05, 0) is 50.4 Å². The number of nitrogens with zero attached hydrogens (tertiary/aromatic N) is 1. The van der Waals surface area contributed by atoms with Gasteiger partial charge in [0.25, 0.3) is 0 Å². The summed E-state index contributed by atoms with van der Waals surface area (Å²) in [6, 6.07) is 8.37. The molecule has 0 spiro atoms. The van der Waals surface area contributed by atoms with Gasteiger partial charge in [-0.25, -0.2) is 0 Å². The van der Waals surface area contributed by atoms with E-state index in [4.69, 9.17) is 0 Å². The van der Waals surface area contributed by atoms with Crippen molar-refractivity contribution in [3.05, 3.63) is 29.8 Å². The van der Waals surface area contributed by atoms with Gasteiger partial charge in [-0.1, -0.05) is 18.2 Å². The van der Waals surface area contributed by atoms with Gasteiger partial charge in [0.2, 0.25) is 5.91 Å². The normalized spacial score (nSPS) is 28.4. The highest BCUT2D eigenvalue weighted by atomic mass is 16.1. The first-order valence-electron chi connectivity index (χ1n) is 7.53. The lowest BCUT2D eigenvalue weighted by Crippen LogP contribution is -2.57. The lowest BCUT2D eigenvalue weighted by molar-refractivity contribution is -0.115. The molecule has 0 aromatic heterocycles. The predicted molar refractivity (Wildman–Crippen MR) is 80.8 cm³/mol. The van der Waals surface area contributed by atoms with Gasteiger partial charge in [0.05, 0.1) is 6.54 Å². The Kier molecular flexibility index (Phi) is 4.03. The second kappa shape index (κ2) is 5.94. The summed E-state index contributed by atoms with van der Waals surface area (Å²) in [5.74, 6) is 0.807. The number of benzene rings is 1. The zero-order chi connectivity index (χ0) is 13.9. The number of amides is 1. The number of piperidine rings is 3. The van der Waals surface area contributed by atoms with Crippen LogP contribution in [-0.4, -0.2) is 43.0 Å². The van der Waals surface area contributed by atoms with E-state index in [1.165, 1.54) is 25.9 Å². The fraction of sp³-hybridized carbons (Fsp3) is 0.562. The molecule has 1 atom stereocenters. The molecule has 1 aromatic rings. The number of aryl methyl sites for hydroxylation is 1. The molecule has 3 aliphatic rings. The molecule has 4 heteroatoms. The zero-order valence-electron chi connectivity index (χ0n) is 12.1. The summed E-state index contributed by atoms with van der Waals surface area (Å²) in [7, 11) is 0. The largest absolute Gasteiger partial charge is 0.325 e. The monoisotopic (exact) mass is 273 g/mol. The third-order valence-corrected chi connectivity index (χ3v) is 4.60. The highest BCUT2D eigenvalue weighted by Gasteiger charge is 2.33. The van der Waals surface area contributed by atoms with Crippen molar-refractivity contribution < 1.29 is 4.79 Å². The molecule has 3 fully saturated rings. The molecule has 108 valence electrons. The average molecular weight is 273 g/mol. The molecule has 3 saturated heterocycles. The second-order valence-corrected chi connectivity index (χ2v) is 5.99. The first-order valence-corrected chi connectivity index (χ1v) is 7.53. The van der Waals surface area contributed by atoms with Crippen molar-refractivity contribution in [1.82, 2.24) is 10.2 Å². The molecule has 1 amide bonds. The second-order valence-electron chi connectivity index (χ2n) is 5.99. The average Bonchev–Trinajstić information content (AvgIpc) is 2.49. The van der Waals surface area contributed by atoms with Crippen LogP contribution in [0.2, 0.25) is 0 Å². The van der Waals surface area contributed by atoms with Crippen LogP contribution in [0.5, 0.6) is 0 Å². The quantitative estimate of drug-likeness (QED) is 0.876. The summed E-state index contributed by atoms with van der Waals surface area (Å²) < 4.78 is 0. The fourth-order valence-electron chi connectivity index (χ4n) is 3.33. The number of para-hydroxylation sites is 1. The number of carbonyl (C=O) groups is 1. The molecule has 3 aliphatic heterocycles. The van der Waals surface area contributed by atoms with Crippen molar-refractivity contribution in [1.29, 1.82) is 0 Å². The van der Waals surface area contributed by atoms with Gasteiger partial charge < -0.3 is 15.5 Å². The van der Waals surface area contributed by atoms with Crippen molar-refractivity contribution in [2.75, 3.05) is 31.5 Å². The highest BCUT2D eigenvalue weighted by molar-refractivity contribution is 5.92. The molecule has 1 unspecified atom stereocenters. The van der Waals surface area contributed by atoms with Crippen LogP contribution >= 0.6 is 0 Å². The van der Waals surface area contributed by atoms with Gasteiger partial charge in [-0.15, -0.1) is 0 Å². The summed E-state index contributed by atoms with van der Waals surface area (Å²) in [4.78, 5) is 14.5. The van der Waals surface area contributed by atoms with E-state index in [-0.39, 0.29) is 5.91 Å². The van der Waals surface area contributed by atoms with Gasteiger partial charge in [0.1, 0.15) is 0 Å². The van der Waals surface area contributed by atoms with E-state index >= 15 is 0 Å². The van der Waals surface area contributed by atoms with Crippen LogP contribution in [0.4, 0.5) is 5.69 Å². The van der Waals surface area contributed by atoms with E-state index in [2.05, 4.69) is 15.5 Å². The minimum atomic E-state index is 0.0516. The lowest BCUT2D eigenvalue weighted by atomic mass is 9.84. The highest BCUT2D eigenvalue weighted by Crippen LogP contribution is 2.27. The maximum Gasteiger partial charge on any atom is 0.238 e. The lowest BCUT2D eigenvalue weighted by Gasteiger charge is -2.45. The van der Waals surface area contributed by atoms with E-state index in [1.807, 2.05) is 31.2 Å². The van der Waals surface area contributed by atoms with Gasteiger partial charge >= 0.3 is 0 Å². The minimum Gasteiger partial charge on any atom is -0.325 e. The van der Waals surface area contributed by atoms with Crippen LogP contribution in [0.3, 0.4) is 0 Å². The Hall–Kier alpha value is -1.39. The topological polar surface area (TPSA) is 44.4 Å². The minimum absolute atomic E-state index is 0.0516. The Morgan fingerprint density at radius 2 is 2.05 bits per heavy atom. The third kappa shape index (κ3) is 3.02. The predicted octanol–water partition coefficient (Wildman–Crippen LogP) is 1.62. The molecule has 2 bridgehead atoms. The van der Waals surface area contributed by atoms with E-state index in [9.17, 15) is 4.79 Å². The van der Waals surface area contributed by atoms with Crippen LogP contribution in [0.25, 0.3) is 0 Å². The van der Waals surface area contributed by atoms with Crippen molar-refractivity contribution in [2.24, 2.45) is 5.92 Å². The summed E-state index contributed by atoms with van der Waals surface area (Å²) in [5, 5.41) is 6.42. The van der Waals surface area contributed by atoms with Crippen LogP contribution < -0.4 is 10.6 Å². The maximum atomic E-state index is 12.0. The smallest absolute Gasteiger partial charge is 0.238 e. The van der Waals surface area contributed by atoms with Gasteiger partial charge in [0.15, 0.2) is 0 Å². The number of anilines is 1. The van der Waals surface area contributed by atoms with Crippen molar-refractivity contribution in [2.45, 2.75) is 25.8 Å². The van der Waals surface area contributed by atoms with Crippen LogP contribution in [0.1, 0.15) is 18.4 Å². The number of nitrogens with one attached hydrogen (secondary N) is 2. The molecular formula is C16H23N3O. The summed E-state index contributed by atoms with van der Waals surface area (Å²) in [6.45, 7) is 5.98. The van der Waals surface area contributed by atoms with Gasteiger partial charge in [-0.3, -0.25) is 4.79 Å². The molecule has 4 rings (SSSR count). The molecule has 0 radical (unpaired) electrons. The first kappa shape index (κ1) is 13.6. The Balaban J connectivity index is 1.49.